The second kappa shape index (κ2) is 5.61. The molecule has 1 aromatic rings. The first-order valence-corrected chi connectivity index (χ1v) is 6.35. The normalized spacial score (nSPS) is 20.8. The Balaban J connectivity index is 2.24. The van der Waals surface area contributed by atoms with E-state index in [1.54, 1.807) is 0 Å². The molecule has 1 aliphatic rings. The number of hydrogen-bond acceptors (Lipinski definition) is 3. The molecule has 0 saturated carbocycles. The zero-order valence-corrected chi connectivity index (χ0v) is 11.1. The van der Waals surface area contributed by atoms with Crippen molar-refractivity contribution in [3.05, 3.63) is 29.1 Å². The largest absolute Gasteiger partial charge is 0.381 e. The lowest BCUT2D eigenvalue weighted by Crippen LogP contribution is -2.20. The van der Waals surface area contributed by atoms with Crippen LogP contribution >= 0.6 is 0 Å². The van der Waals surface area contributed by atoms with Crippen LogP contribution in [0.5, 0.6) is 0 Å². The number of aryl methyl sites for hydroxylation is 1. The van der Waals surface area contributed by atoms with Crippen molar-refractivity contribution in [1.82, 2.24) is 9.88 Å². The quantitative estimate of drug-likeness (QED) is 0.802. The molecule has 1 saturated heterocycles. The third kappa shape index (κ3) is 3.27. The summed E-state index contributed by atoms with van der Waals surface area (Å²) >= 11 is 0. The maximum absolute atomic E-state index is 5.59. The van der Waals surface area contributed by atoms with Crippen LogP contribution in [0.25, 0.3) is 0 Å². The van der Waals surface area contributed by atoms with Crippen molar-refractivity contribution >= 4 is 0 Å². The number of rotatable bonds is 3. The van der Waals surface area contributed by atoms with E-state index in [1.165, 1.54) is 24.1 Å². The van der Waals surface area contributed by atoms with Crippen LogP contribution in [-0.4, -0.2) is 37.2 Å². The van der Waals surface area contributed by atoms with E-state index in [0.29, 0.717) is 5.92 Å². The van der Waals surface area contributed by atoms with Crippen molar-refractivity contribution in [1.29, 1.82) is 0 Å². The van der Waals surface area contributed by atoms with Crippen LogP contribution in [0.2, 0.25) is 0 Å². The van der Waals surface area contributed by atoms with Crippen molar-refractivity contribution < 1.29 is 4.74 Å². The maximum atomic E-state index is 5.59. The summed E-state index contributed by atoms with van der Waals surface area (Å²) in [5, 5.41) is 0. The Bertz CT molecular complexity index is 370. The highest BCUT2D eigenvalue weighted by molar-refractivity contribution is 5.27. The van der Waals surface area contributed by atoms with Crippen LogP contribution in [0.4, 0.5) is 0 Å². The molecule has 0 radical (unpaired) electrons. The van der Waals surface area contributed by atoms with Gasteiger partial charge in [0.1, 0.15) is 0 Å². The summed E-state index contributed by atoms with van der Waals surface area (Å²) in [4.78, 5) is 6.87. The topological polar surface area (TPSA) is 25.4 Å². The zero-order chi connectivity index (χ0) is 12.3. The average Bonchev–Trinajstić information content (AvgIpc) is 2.29. The Labute approximate surface area is 104 Å². The molecule has 2 heterocycles. The fourth-order valence-corrected chi connectivity index (χ4v) is 2.41. The van der Waals surface area contributed by atoms with Gasteiger partial charge in [-0.15, -0.1) is 0 Å². The average molecular weight is 234 g/mol. The molecule has 0 spiro atoms. The summed E-state index contributed by atoms with van der Waals surface area (Å²) in [6.45, 7) is 4.73. The SMILES string of the molecule is Cc1ccc([C@@H]2CCCOC2)c(CN(C)C)n1. The molecule has 0 bridgehead atoms. The van der Waals surface area contributed by atoms with Gasteiger partial charge < -0.3 is 9.64 Å². The minimum absolute atomic E-state index is 0.534. The van der Waals surface area contributed by atoms with Crippen LogP contribution in [-0.2, 0) is 11.3 Å². The van der Waals surface area contributed by atoms with E-state index in [4.69, 9.17) is 9.72 Å². The van der Waals surface area contributed by atoms with Gasteiger partial charge in [-0.05, 0) is 45.5 Å². The lowest BCUT2D eigenvalue weighted by Gasteiger charge is -2.25. The molecule has 1 atom stereocenters. The molecule has 2 rings (SSSR count). The Kier molecular flexibility index (Phi) is 4.13. The third-order valence-electron chi connectivity index (χ3n) is 3.21. The number of nitrogens with zero attached hydrogens (tertiary/aromatic N) is 2. The molecule has 1 fully saturated rings. The molecule has 0 aromatic carbocycles. The maximum Gasteiger partial charge on any atom is 0.0582 e. The Morgan fingerprint density at radius 3 is 2.88 bits per heavy atom. The molecule has 0 amide bonds. The van der Waals surface area contributed by atoms with Crippen LogP contribution < -0.4 is 0 Å². The van der Waals surface area contributed by atoms with Gasteiger partial charge in [0.2, 0.25) is 0 Å². The smallest absolute Gasteiger partial charge is 0.0582 e. The molecule has 3 nitrogen and oxygen atoms in total. The number of pyridine rings is 1. The second-order valence-corrected chi connectivity index (χ2v) is 5.14. The van der Waals surface area contributed by atoms with E-state index < -0.39 is 0 Å². The van der Waals surface area contributed by atoms with E-state index in [9.17, 15) is 0 Å². The van der Waals surface area contributed by atoms with Gasteiger partial charge in [-0.25, -0.2) is 0 Å². The lowest BCUT2D eigenvalue weighted by atomic mass is 9.92. The van der Waals surface area contributed by atoms with Gasteiger partial charge in [-0.2, -0.15) is 0 Å². The number of hydrogen-bond donors (Lipinski definition) is 0. The standard InChI is InChI=1S/C14H22N2O/c1-11-6-7-13(12-5-4-8-17-10-12)14(15-11)9-16(2)3/h6-7,12H,4-5,8-10H2,1-3H3/t12-/m1/s1. The van der Waals surface area contributed by atoms with Gasteiger partial charge >= 0.3 is 0 Å². The van der Waals surface area contributed by atoms with Gasteiger partial charge in [0.15, 0.2) is 0 Å². The first-order valence-electron chi connectivity index (χ1n) is 6.35. The van der Waals surface area contributed by atoms with Crippen LogP contribution in [0.3, 0.4) is 0 Å². The monoisotopic (exact) mass is 234 g/mol. The highest BCUT2D eigenvalue weighted by Crippen LogP contribution is 2.27. The molecular formula is C14H22N2O. The predicted molar refractivity (Wildman–Crippen MR) is 69.2 cm³/mol. The van der Waals surface area contributed by atoms with Crippen molar-refractivity contribution in [2.24, 2.45) is 0 Å². The highest BCUT2D eigenvalue weighted by atomic mass is 16.5. The summed E-state index contributed by atoms with van der Waals surface area (Å²) < 4.78 is 5.59. The van der Waals surface area contributed by atoms with Gasteiger partial charge in [0.25, 0.3) is 0 Å². The summed E-state index contributed by atoms with van der Waals surface area (Å²) in [6.07, 6.45) is 2.39. The molecule has 1 aromatic heterocycles. The molecule has 17 heavy (non-hydrogen) atoms. The molecule has 94 valence electrons. The fourth-order valence-electron chi connectivity index (χ4n) is 2.41. The van der Waals surface area contributed by atoms with Crippen LogP contribution in [0, 0.1) is 6.92 Å². The highest BCUT2D eigenvalue weighted by Gasteiger charge is 2.19. The van der Waals surface area contributed by atoms with Gasteiger partial charge in [-0.1, -0.05) is 6.07 Å². The summed E-state index contributed by atoms with van der Waals surface area (Å²) in [7, 11) is 4.18. The lowest BCUT2D eigenvalue weighted by molar-refractivity contribution is 0.0799. The first-order chi connectivity index (χ1) is 8.16. The van der Waals surface area contributed by atoms with Crippen LogP contribution in [0.15, 0.2) is 12.1 Å². The van der Waals surface area contributed by atoms with E-state index in [-0.39, 0.29) is 0 Å². The molecule has 3 heteroatoms. The zero-order valence-electron chi connectivity index (χ0n) is 11.1. The minimum Gasteiger partial charge on any atom is -0.381 e. The molecule has 0 unspecified atom stereocenters. The molecule has 0 N–H and O–H groups in total. The summed E-state index contributed by atoms with van der Waals surface area (Å²) in [5.74, 6) is 0.534. The Morgan fingerprint density at radius 2 is 2.24 bits per heavy atom. The molecular weight excluding hydrogens is 212 g/mol. The van der Waals surface area contributed by atoms with Crippen LogP contribution in [0.1, 0.15) is 35.7 Å². The molecule has 0 aliphatic carbocycles. The Morgan fingerprint density at radius 1 is 1.41 bits per heavy atom. The van der Waals surface area contributed by atoms with E-state index >= 15 is 0 Å². The first kappa shape index (κ1) is 12.5. The minimum atomic E-state index is 0.534. The van der Waals surface area contributed by atoms with E-state index in [0.717, 1.165) is 25.5 Å². The summed E-state index contributed by atoms with van der Waals surface area (Å²) in [5.41, 5.74) is 3.69. The van der Waals surface area contributed by atoms with Gasteiger partial charge in [-0.3, -0.25) is 4.98 Å². The van der Waals surface area contributed by atoms with Crippen molar-refractivity contribution in [3.63, 3.8) is 0 Å². The second-order valence-electron chi connectivity index (χ2n) is 5.14. The summed E-state index contributed by atoms with van der Waals surface area (Å²) in [6, 6.07) is 4.35. The Hall–Kier alpha value is -0.930. The van der Waals surface area contributed by atoms with Crippen molar-refractivity contribution in [3.8, 4) is 0 Å². The molecule has 1 aliphatic heterocycles. The van der Waals surface area contributed by atoms with Crippen molar-refractivity contribution in [2.45, 2.75) is 32.2 Å². The van der Waals surface area contributed by atoms with Gasteiger partial charge in [0.05, 0.1) is 12.3 Å². The van der Waals surface area contributed by atoms with Crippen molar-refractivity contribution in [2.75, 3.05) is 27.3 Å². The van der Waals surface area contributed by atoms with E-state index in [1.807, 2.05) is 0 Å². The fraction of sp³-hybridized carbons (Fsp3) is 0.643. The number of ether oxygens (including phenoxy) is 1. The van der Waals surface area contributed by atoms with Gasteiger partial charge in [0, 0.05) is 24.8 Å². The number of aromatic nitrogens is 1. The predicted octanol–water partition coefficient (Wildman–Crippen LogP) is 2.35. The third-order valence-corrected chi connectivity index (χ3v) is 3.21. The van der Waals surface area contributed by atoms with E-state index in [2.05, 4.69) is 38.1 Å².